The number of Topliss-reactive ketones (excluding diaryl/α,β-unsaturated/α-hetero) is 1. The first kappa shape index (κ1) is 36.5. The van der Waals surface area contributed by atoms with Crippen LogP contribution in [0.3, 0.4) is 0 Å². The van der Waals surface area contributed by atoms with Crippen molar-refractivity contribution in [1.82, 2.24) is 0 Å². The van der Waals surface area contributed by atoms with Gasteiger partial charge >= 0.3 is 0 Å². The Morgan fingerprint density at radius 3 is 1.69 bits per heavy atom. The van der Waals surface area contributed by atoms with Crippen LogP contribution >= 0.6 is 0 Å². The maximum Gasteiger partial charge on any atom is 0.187 e. The van der Waals surface area contributed by atoms with Gasteiger partial charge in [-0.2, -0.15) is 0 Å². The molecule has 0 amide bonds. The van der Waals surface area contributed by atoms with Crippen molar-refractivity contribution in [1.29, 1.82) is 0 Å². The molecule has 0 radical (unpaired) electrons. The molecular formula is C40H54O2. The molecule has 0 unspecified atom stereocenters. The molecular weight excluding hydrogens is 512 g/mol. The molecule has 0 heterocycles. The second-order valence-corrected chi connectivity index (χ2v) is 12.3. The molecule has 0 aromatic carbocycles. The minimum absolute atomic E-state index is 0.162. The summed E-state index contributed by atoms with van der Waals surface area (Å²) in [7, 11) is 0. The number of ketones is 1. The Hall–Kier alpha value is -3.49. The number of rotatable bonds is 13. The third-order valence-corrected chi connectivity index (χ3v) is 7.12. The van der Waals surface area contributed by atoms with E-state index in [2.05, 4.69) is 134 Å². The van der Waals surface area contributed by atoms with Crippen molar-refractivity contribution in [2.24, 2.45) is 5.41 Å². The molecule has 1 aliphatic rings. The number of hydrogen-bond donors (Lipinski definition) is 1. The van der Waals surface area contributed by atoms with Crippen LogP contribution in [0.4, 0.5) is 0 Å². The molecule has 0 aromatic heterocycles. The van der Waals surface area contributed by atoms with Crippen molar-refractivity contribution in [2.45, 2.75) is 94.6 Å². The number of allylic oxidation sites excluding steroid dienone is 23. The zero-order valence-corrected chi connectivity index (χ0v) is 27.8. The largest absolute Gasteiger partial charge is 0.385 e. The first-order chi connectivity index (χ1) is 19.7. The van der Waals surface area contributed by atoms with Crippen molar-refractivity contribution >= 4 is 5.78 Å². The molecule has 42 heavy (non-hydrogen) atoms. The van der Waals surface area contributed by atoms with E-state index in [1.807, 2.05) is 32.1 Å². The average molecular weight is 567 g/mol. The van der Waals surface area contributed by atoms with Crippen LogP contribution in [0.5, 0.6) is 0 Å². The third kappa shape index (κ3) is 14.9. The molecule has 1 rings (SSSR count). The van der Waals surface area contributed by atoms with E-state index in [4.69, 9.17) is 0 Å². The van der Waals surface area contributed by atoms with E-state index in [0.717, 1.165) is 29.6 Å². The van der Waals surface area contributed by atoms with Gasteiger partial charge in [-0.05, 0) is 91.2 Å². The molecule has 0 aromatic rings. The highest BCUT2D eigenvalue weighted by molar-refractivity contribution is 6.00. The van der Waals surface area contributed by atoms with Gasteiger partial charge in [0.2, 0.25) is 0 Å². The first-order valence-corrected chi connectivity index (χ1v) is 15.0. The van der Waals surface area contributed by atoms with Crippen molar-refractivity contribution in [2.75, 3.05) is 0 Å². The lowest BCUT2D eigenvalue weighted by Gasteiger charge is -2.34. The zero-order chi connectivity index (χ0) is 31.7. The number of carbonyl (C=O) groups is 1. The number of aliphatic hydroxyl groups excluding tert-OH is 1. The van der Waals surface area contributed by atoms with Crippen LogP contribution in [0.2, 0.25) is 0 Å². The van der Waals surface area contributed by atoms with Crippen LogP contribution < -0.4 is 0 Å². The van der Waals surface area contributed by atoms with Crippen LogP contribution in [-0.2, 0) is 4.79 Å². The van der Waals surface area contributed by atoms with Gasteiger partial charge in [0.15, 0.2) is 5.78 Å². The van der Waals surface area contributed by atoms with Gasteiger partial charge in [0.05, 0.1) is 0 Å². The first-order valence-electron chi connectivity index (χ1n) is 15.0. The van der Waals surface area contributed by atoms with Crippen molar-refractivity contribution in [3.8, 4) is 0 Å². The second-order valence-electron chi connectivity index (χ2n) is 12.3. The lowest BCUT2D eigenvalue weighted by Crippen LogP contribution is -2.35. The second kappa shape index (κ2) is 18.8. The summed E-state index contributed by atoms with van der Waals surface area (Å²) in [6, 6.07) is 0. The Kier molecular flexibility index (Phi) is 16.4. The van der Waals surface area contributed by atoms with E-state index in [-0.39, 0.29) is 11.2 Å². The van der Waals surface area contributed by atoms with Gasteiger partial charge in [-0.3, -0.25) is 4.79 Å². The predicted octanol–water partition coefficient (Wildman–Crippen LogP) is 10.9. The fraction of sp³-hybridized carbons (Fsp3) is 0.375. The fourth-order valence-corrected chi connectivity index (χ4v) is 4.52. The quantitative estimate of drug-likeness (QED) is 0.178. The minimum Gasteiger partial charge on any atom is -0.385 e. The molecule has 0 bridgehead atoms. The molecule has 2 nitrogen and oxygen atoms in total. The Balaban J connectivity index is 2.64. The van der Waals surface area contributed by atoms with Crippen LogP contribution in [0.15, 0.2) is 142 Å². The molecule has 0 saturated carbocycles. The van der Waals surface area contributed by atoms with Crippen molar-refractivity contribution < 1.29 is 9.90 Å². The van der Waals surface area contributed by atoms with Gasteiger partial charge in [-0.1, -0.05) is 145 Å². The molecule has 0 spiro atoms. The Morgan fingerprint density at radius 2 is 1.19 bits per heavy atom. The lowest BCUT2D eigenvalue weighted by molar-refractivity contribution is -0.125. The van der Waals surface area contributed by atoms with E-state index in [0.29, 0.717) is 12.0 Å². The fourth-order valence-electron chi connectivity index (χ4n) is 4.52. The van der Waals surface area contributed by atoms with E-state index in [1.54, 1.807) is 0 Å². The summed E-state index contributed by atoms with van der Waals surface area (Å²) < 4.78 is 0. The standard InChI is InChI=1S/C40H54O2/c1-30(2)17-13-20-33(5)23-15-25-34(6)24-14-21-31(3)18-11-12-19-32(4)22-16-26-35(7)27-28-37-36(8)39(42)38(41)29-40(37,9)10/h11-12,14-19,21-28,38,41H,13,20,29H2,1-10H3/b12-11+,21-14+,22-16+,25-15+,28-27+,31-18+,32-19+,33-23+,34-24+,35-26+/t38-/m0/s1. The van der Waals surface area contributed by atoms with E-state index in [9.17, 15) is 9.90 Å². The van der Waals surface area contributed by atoms with Gasteiger partial charge < -0.3 is 5.11 Å². The molecule has 2 heteroatoms. The highest BCUT2D eigenvalue weighted by Crippen LogP contribution is 2.39. The zero-order valence-electron chi connectivity index (χ0n) is 27.8. The van der Waals surface area contributed by atoms with Crippen LogP contribution in [0, 0.1) is 5.41 Å². The van der Waals surface area contributed by atoms with E-state index >= 15 is 0 Å². The van der Waals surface area contributed by atoms with Gasteiger partial charge in [-0.15, -0.1) is 0 Å². The van der Waals surface area contributed by atoms with Gasteiger partial charge in [-0.25, -0.2) is 0 Å². The Labute approximate surface area is 257 Å². The van der Waals surface area contributed by atoms with Gasteiger partial charge in [0.1, 0.15) is 6.10 Å². The van der Waals surface area contributed by atoms with Gasteiger partial charge in [0.25, 0.3) is 0 Å². The summed E-state index contributed by atoms with van der Waals surface area (Å²) in [6.45, 7) is 20.8. The average Bonchev–Trinajstić information content (AvgIpc) is 2.89. The molecule has 1 atom stereocenters. The van der Waals surface area contributed by atoms with E-state index < -0.39 is 6.10 Å². The number of hydrogen-bond acceptors (Lipinski definition) is 2. The molecule has 0 fully saturated rings. The smallest absolute Gasteiger partial charge is 0.187 e. The minimum atomic E-state index is -0.893. The summed E-state index contributed by atoms with van der Waals surface area (Å²) in [5, 5.41) is 10.0. The molecule has 1 N–H and O–H groups in total. The Bertz CT molecular complexity index is 1300. The summed E-state index contributed by atoms with van der Waals surface area (Å²) in [5.41, 5.74) is 8.85. The van der Waals surface area contributed by atoms with Crippen molar-refractivity contribution in [3.63, 3.8) is 0 Å². The molecule has 1 aliphatic carbocycles. The predicted molar refractivity (Wildman–Crippen MR) is 185 cm³/mol. The maximum atomic E-state index is 12.2. The molecule has 226 valence electrons. The summed E-state index contributed by atoms with van der Waals surface area (Å²) in [6.07, 6.45) is 35.4. The summed E-state index contributed by atoms with van der Waals surface area (Å²) >= 11 is 0. The Morgan fingerprint density at radius 1 is 0.738 bits per heavy atom. The molecule has 0 aliphatic heterocycles. The summed E-state index contributed by atoms with van der Waals surface area (Å²) in [4.78, 5) is 12.2. The topological polar surface area (TPSA) is 37.3 Å². The highest BCUT2D eigenvalue weighted by atomic mass is 16.3. The number of carbonyl (C=O) groups excluding carboxylic acids is 1. The van der Waals surface area contributed by atoms with Crippen LogP contribution in [0.1, 0.15) is 88.5 Å². The highest BCUT2D eigenvalue weighted by Gasteiger charge is 2.36. The summed E-state index contributed by atoms with van der Waals surface area (Å²) in [5.74, 6) is -0.162. The van der Waals surface area contributed by atoms with E-state index in [1.165, 1.54) is 22.3 Å². The lowest BCUT2D eigenvalue weighted by atomic mass is 9.71. The SMILES string of the molecule is CC(C)=CCC/C(C)=C/C=C/C(C)=C/C=C/C(C)=C/C=C/C=C(C)/C=C/C=C(C)/C=C/C1=C(C)C(=O)[C@@H](O)CC1(C)C. The van der Waals surface area contributed by atoms with Gasteiger partial charge in [0, 0.05) is 0 Å². The molecule has 0 saturated heterocycles. The van der Waals surface area contributed by atoms with Crippen LogP contribution in [-0.4, -0.2) is 17.0 Å². The normalized spacial score (nSPS) is 20.0. The third-order valence-electron chi connectivity index (χ3n) is 7.12. The maximum absolute atomic E-state index is 12.2. The number of aliphatic hydroxyl groups is 1. The van der Waals surface area contributed by atoms with Crippen LogP contribution in [0.25, 0.3) is 0 Å². The monoisotopic (exact) mass is 566 g/mol. The van der Waals surface area contributed by atoms with Crippen molar-refractivity contribution in [3.05, 3.63) is 142 Å².